The number of hydrogen-bond acceptors (Lipinski definition) is 5. The van der Waals surface area contributed by atoms with Crippen molar-refractivity contribution in [1.82, 2.24) is 14.9 Å². The molecule has 0 N–H and O–H groups in total. The molecule has 0 bridgehead atoms. The van der Waals surface area contributed by atoms with Crippen LogP contribution in [0, 0.1) is 19.3 Å². The summed E-state index contributed by atoms with van der Waals surface area (Å²) in [5.41, 5.74) is 3.76. The number of nitrogens with zero attached hydrogens (tertiary/aromatic N) is 4. The number of carbonyl (C=O) groups excluding carboxylic acids is 1. The first-order chi connectivity index (χ1) is 13.0. The highest BCUT2D eigenvalue weighted by molar-refractivity contribution is 5.95. The number of aryl methyl sites for hydroxylation is 2. The normalized spacial score (nSPS) is 23.8. The lowest BCUT2D eigenvalue weighted by molar-refractivity contribution is -0.118. The maximum absolute atomic E-state index is 12.7. The number of anilines is 1. The molecule has 4 rings (SSSR count). The average Bonchev–Trinajstić information content (AvgIpc) is 2.85. The fraction of sp³-hybridized carbons (Fsp3) is 0.476. The number of hydrogen-bond donors (Lipinski definition) is 0. The third-order valence-electron chi connectivity index (χ3n) is 5.58. The molecule has 2 aliphatic heterocycles. The van der Waals surface area contributed by atoms with Crippen molar-refractivity contribution in [2.24, 2.45) is 5.41 Å². The molecular weight excluding hydrogens is 340 g/mol. The summed E-state index contributed by atoms with van der Waals surface area (Å²) in [7, 11) is 0. The first-order valence-electron chi connectivity index (χ1n) is 9.47. The molecular formula is C21H26N4O2. The summed E-state index contributed by atoms with van der Waals surface area (Å²) in [6.07, 6.45) is 3.67. The minimum atomic E-state index is -0.184. The van der Waals surface area contributed by atoms with Crippen LogP contribution in [0.15, 0.2) is 36.8 Å². The van der Waals surface area contributed by atoms with Gasteiger partial charge >= 0.3 is 0 Å². The SMILES string of the molecule is Cc1ccc(C)c(CN2CCOC[C@@]3(CC(=O)N(c4ccncn4)C3)C2)c1. The zero-order chi connectivity index (χ0) is 18.9. The maximum atomic E-state index is 12.7. The Hall–Kier alpha value is -2.31. The summed E-state index contributed by atoms with van der Waals surface area (Å²) in [5.74, 6) is 0.795. The highest BCUT2D eigenvalue weighted by atomic mass is 16.5. The molecule has 1 atom stereocenters. The molecule has 2 saturated heterocycles. The second-order valence-electron chi connectivity index (χ2n) is 7.92. The molecule has 1 aromatic heterocycles. The van der Waals surface area contributed by atoms with Crippen LogP contribution >= 0.6 is 0 Å². The summed E-state index contributed by atoms with van der Waals surface area (Å²) in [6.45, 7) is 8.88. The van der Waals surface area contributed by atoms with Gasteiger partial charge in [0.25, 0.3) is 0 Å². The Morgan fingerprint density at radius 1 is 1.22 bits per heavy atom. The monoisotopic (exact) mass is 366 g/mol. The molecule has 27 heavy (non-hydrogen) atoms. The fourth-order valence-electron chi connectivity index (χ4n) is 4.18. The van der Waals surface area contributed by atoms with Gasteiger partial charge < -0.3 is 4.74 Å². The van der Waals surface area contributed by atoms with Gasteiger partial charge in [-0.05, 0) is 31.0 Å². The van der Waals surface area contributed by atoms with Crippen LogP contribution in [-0.4, -0.2) is 53.6 Å². The van der Waals surface area contributed by atoms with E-state index in [0.29, 0.717) is 32.0 Å². The van der Waals surface area contributed by atoms with E-state index in [0.717, 1.165) is 19.6 Å². The van der Waals surface area contributed by atoms with Gasteiger partial charge in [0.15, 0.2) is 0 Å². The molecule has 0 aliphatic carbocycles. The van der Waals surface area contributed by atoms with Crippen molar-refractivity contribution in [3.05, 3.63) is 53.5 Å². The number of benzene rings is 1. The van der Waals surface area contributed by atoms with Crippen molar-refractivity contribution in [2.75, 3.05) is 37.7 Å². The van der Waals surface area contributed by atoms with Crippen LogP contribution < -0.4 is 4.90 Å². The summed E-state index contributed by atoms with van der Waals surface area (Å²) < 4.78 is 5.93. The quantitative estimate of drug-likeness (QED) is 0.835. The molecule has 2 fully saturated rings. The third kappa shape index (κ3) is 3.87. The number of carbonyl (C=O) groups is 1. The predicted octanol–water partition coefficient (Wildman–Crippen LogP) is 2.35. The van der Waals surface area contributed by atoms with Crippen molar-refractivity contribution in [2.45, 2.75) is 26.8 Å². The lowest BCUT2D eigenvalue weighted by Crippen LogP contribution is -2.40. The molecule has 1 spiro atoms. The first kappa shape index (κ1) is 18.1. The lowest BCUT2D eigenvalue weighted by atomic mass is 9.87. The van der Waals surface area contributed by atoms with E-state index < -0.39 is 0 Å². The molecule has 0 radical (unpaired) electrons. The van der Waals surface area contributed by atoms with E-state index in [1.807, 2.05) is 0 Å². The second kappa shape index (κ2) is 7.37. The molecule has 6 heteroatoms. The van der Waals surface area contributed by atoms with Crippen molar-refractivity contribution >= 4 is 11.7 Å². The van der Waals surface area contributed by atoms with Crippen LogP contribution in [0.1, 0.15) is 23.1 Å². The second-order valence-corrected chi connectivity index (χ2v) is 7.92. The van der Waals surface area contributed by atoms with E-state index in [9.17, 15) is 4.79 Å². The Labute approximate surface area is 160 Å². The molecule has 6 nitrogen and oxygen atoms in total. The highest BCUT2D eigenvalue weighted by Crippen LogP contribution is 2.36. The van der Waals surface area contributed by atoms with E-state index >= 15 is 0 Å². The molecule has 1 aromatic carbocycles. The summed E-state index contributed by atoms with van der Waals surface area (Å²) in [4.78, 5) is 25.1. The molecule has 1 amide bonds. The largest absolute Gasteiger partial charge is 0.379 e. The topological polar surface area (TPSA) is 58.6 Å². The van der Waals surface area contributed by atoms with Crippen molar-refractivity contribution in [3.63, 3.8) is 0 Å². The van der Waals surface area contributed by atoms with E-state index in [1.165, 1.54) is 23.0 Å². The van der Waals surface area contributed by atoms with Crippen LogP contribution in [-0.2, 0) is 16.1 Å². The van der Waals surface area contributed by atoms with Crippen molar-refractivity contribution in [3.8, 4) is 0 Å². The van der Waals surface area contributed by atoms with E-state index in [4.69, 9.17) is 4.74 Å². The van der Waals surface area contributed by atoms with E-state index in [-0.39, 0.29) is 11.3 Å². The van der Waals surface area contributed by atoms with Gasteiger partial charge in [-0.2, -0.15) is 0 Å². The smallest absolute Gasteiger partial charge is 0.228 e. The lowest BCUT2D eigenvalue weighted by Gasteiger charge is -2.31. The van der Waals surface area contributed by atoms with Gasteiger partial charge in [0.05, 0.1) is 13.2 Å². The molecule has 0 saturated carbocycles. The standard InChI is InChI=1S/C21H26N4O2/c1-16-3-4-17(2)18(9-16)11-24-7-8-27-14-21(12-24)10-20(26)25(13-21)19-5-6-22-15-23-19/h3-6,9,15H,7-8,10-14H2,1-2H3/t21-/m0/s1. The van der Waals surface area contributed by atoms with E-state index in [1.54, 1.807) is 17.2 Å². The predicted molar refractivity (Wildman–Crippen MR) is 103 cm³/mol. The Kier molecular flexibility index (Phi) is 4.93. The minimum absolute atomic E-state index is 0.117. The van der Waals surface area contributed by atoms with Crippen molar-refractivity contribution < 1.29 is 9.53 Å². The van der Waals surface area contributed by atoms with Crippen molar-refractivity contribution in [1.29, 1.82) is 0 Å². The van der Waals surface area contributed by atoms with Gasteiger partial charge in [-0.25, -0.2) is 9.97 Å². The molecule has 0 unspecified atom stereocenters. The summed E-state index contributed by atoms with van der Waals surface area (Å²) in [6, 6.07) is 8.40. The van der Waals surface area contributed by atoms with Gasteiger partial charge in [-0.1, -0.05) is 23.8 Å². The highest BCUT2D eigenvalue weighted by Gasteiger charge is 2.46. The van der Waals surface area contributed by atoms with Gasteiger partial charge in [-0.3, -0.25) is 14.6 Å². The molecule has 3 heterocycles. The Morgan fingerprint density at radius 3 is 2.93 bits per heavy atom. The molecule has 2 aliphatic rings. The number of ether oxygens (including phenoxy) is 1. The zero-order valence-corrected chi connectivity index (χ0v) is 16.0. The molecule has 2 aromatic rings. The van der Waals surface area contributed by atoms with Gasteiger partial charge in [0, 0.05) is 44.2 Å². The van der Waals surface area contributed by atoms with Gasteiger partial charge in [0.1, 0.15) is 12.1 Å². The summed E-state index contributed by atoms with van der Waals surface area (Å²) >= 11 is 0. The van der Waals surface area contributed by atoms with Crippen LogP contribution in [0.3, 0.4) is 0 Å². The number of amides is 1. The Balaban J connectivity index is 1.53. The molecule has 142 valence electrons. The van der Waals surface area contributed by atoms with Crippen LogP contribution in [0.2, 0.25) is 0 Å². The Morgan fingerprint density at radius 2 is 2.11 bits per heavy atom. The third-order valence-corrected chi connectivity index (χ3v) is 5.58. The van der Waals surface area contributed by atoms with Crippen LogP contribution in [0.4, 0.5) is 5.82 Å². The van der Waals surface area contributed by atoms with Gasteiger partial charge in [-0.15, -0.1) is 0 Å². The van der Waals surface area contributed by atoms with E-state index in [2.05, 4.69) is 46.9 Å². The average molecular weight is 366 g/mol. The zero-order valence-electron chi connectivity index (χ0n) is 16.0. The maximum Gasteiger partial charge on any atom is 0.228 e. The fourth-order valence-corrected chi connectivity index (χ4v) is 4.18. The van der Waals surface area contributed by atoms with Gasteiger partial charge in [0.2, 0.25) is 5.91 Å². The Bertz CT molecular complexity index is 826. The summed E-state index contributed by atoms with van der Waals surface area (Å²) in [5, 5.41) is 0. The number of rotatable bonds is 3. The number of aromatic nitrogens is 2. The van der Waals surface area contributed by atoms with Crippen LogP contribution in [0.25, 0.3) is 0 Å². The van der Waals surface area contributed by atoms with Crippen LogP contribution in [0.5, 0.6) is 0 Å². The first-order valence-corrected chi connectivity index (χ1v) is 9.47. The minimum Gasteiger partial charge on any atom is -0.379 e.